The molecule has 0 aliphatic heterocycles. The number of oxime groups is 1. The van der Waals surface area contributed by atoms with Crippen molar-refractivity contribution in [1.82, 2.24) is 0 Å². The van der Waals surface area contributed by atoms with Crippen LogP contribution in [-0.2, 0) is 9.63 Å². The fourth-order valence-electron chi connectivity index (χ4n) is 2.34. The highest BCUT2D eigenvalue weighted by atomic mass is 16.7. The van der Waals surface area contributed by atoms with E-state index in [1.165, 1.54) is 19.4 Å². The molecule has 0 aliphatic rings. The van der Waals surface area contributed by atoms with Crippen molar-refractivity contribution in [2.45, 2.75) is 48.0 Å². The first-order chi connectivity index (χ1) is 12.7. The van der Waals surface area contributed by atoms with Crippen molar-refractivity contribution in [3.63, 3.8) is 0 Å². The second-order valence-corrected chi connectivity index (χ2v) is 6.25. The highest BCUT2D eigenvalue weighted by Gasteiger charge is 2.13. The summed E-state index contributed by atoms with van der Waals surface area (Å²) in [5, 5.41) is 14.8. The molecular formula is C21H26N2O4. The van der Waals surface area contributed by atoms with Gasteiger partial charge in [0, 0.05) is 19.1 Å². The zero-order valence-corrected chi connectivity index (χ0v) is 16.7. The van der Waals surface area contributed by atoms with Crippen LogP contribution in [0.5, 0.6) is 0 Å². The SMILES string of the molecule is CC(=O)O/N=C(\C)c1ccc(C)c(-c2cc([N+](=O)[O-])ccc2C)c1.CCC. The van der Waals surface area contributed by atoms with Crippen molar-refractivity contribution in [2.75, 3.05) is 0 Å². The molecule has 0 radical (unpaired) electrons. The third kappa shape index (κ3) is 6.33. The molecule has 0 heterocycles. The number of carbonyl (C=O) groups is 1. The van der Waals surface area contributed by atoms with Gasteiger partial charge in [0.2, 0.25) is 0 Å². The number of nitro groups is 1. The Balaban J connectivity index is 0.00000114. The van der Waals surface area contributed by atoms with E-state index in [9.17, 15) is 14.9 Å². The number of hydrogen-bond donors (Lipinski definition) is 0. The largest absolute Gasteiger partial charge is 0.331 e. The van der Waals surface area contributed by atoms with Gasteiger partial charge in [0.15, 0.2) is 0 Å². The van der Waals surface area contributed by atoms with Crippen LogP contribution in [0.2, 0.25) is 0 Å². The summed E-state index contributed by atoms with van der Waals surface area (Å²) in [6, 6.07) is 10.5. The molecule has 0 saturated carbocycles. The maximum Gasteiger partial charge on any atom is 0.331 e. The molecule has 0 spiro atoms. The number of aryl methyl sites for hydroxylation is 2. The van der Waals surface area contributed by atoms with Crippen LogP contribution >= 0.6 is 0 Å². The lowest BCUT2D eigenvalue weighted by Gasteiger charge is -2.11. The molecule has 144 valence electrons. The van der Waals surface area contributed by atoms with E-state index in [2.05, 4.69) is 23.8 Å². The van der Waals surface area contributed by atoms with Gasteiger partial charge in [-0.2, -0.15) is 0 Å². The van der Waals surface area contributed by atoms with Gasteiger partial charge in [0.05, 0.1) is 10.6 Å². The van der Waals surface area contributed by atoms with Gasteiger partial charge >= 0.3 is 5.97 Å². The van der Waals surface area contributed by atoms with Gasteiger partial charge in [0.1, 0.15) is 0 Å². The fourth-order valence-corrected chi connectivity index (χ4v) is 2.34. The molecule has 0 N–H and O–H groups in total. The Morgan fingerprint density at radius 2 is 1.56 bits per heavy atom. The van der Waals surface area contributed by atoms with Gasteiger partial charge in [-0.3, -0.25) is 10.1 Å². The van der Waals surface area contributed by atoms with Crippen molar-refractivity contribution >= 4 is 17.4 Å². The van der Waals surface area contributed by atoms with Crippen molar-refractivity contribution in [1.29, 1.82) is 0 Å². The van der Waals surface area contributed by atoms with E-state index in [1.807, 2.05) is 32.0 Å². The number of nitro benzene ring substituents is 1. The van der Waals surface area contributed by atoms with Gasteiger partial charge in [0.25, 0.3) is 5.69 Å². The zero-order valence-electron chi connectivity index (χ0n) is 16.7. The van der Waals surface area contributed by atoms with E-state index in [4.69, 9.17) is 0 Å². The maximum absolute atomic E-state index is 11.0. The van der Waals surface area contributed by atoms with Gasteiger partial charge in [-0.15, -0.1) is 0 Å². The molecule has 0 amide bonds. The first-order valence-electron chi connectivity index (χ1n) is 8.79. The van der Waals surface area contributed by atoms with Crippen LogP contribution in [0.1, 0.15) is 50.8 Å². The third-order valence-corrected chi connectivity index (χ3v) is 3.69. The summed E-state index contributed by atoms with van der Waals surface area (Å²) < 4.78 is 0. The Hall–Kier alpha value is -3.02. The van der Waals surface area contributed by atoms with E-state index >= 15 is 0 Å². The normalized spacial score (nSPS) is 10.7. The number of non-ortho nitro benzene ring substituents is 1. The van der Waals surface area contributed by atoms with E-state index in [0.717, 1.165) is 27.8 Å². The van der Waals surface area contributed by atoms with Crippen LogP contribution in [0, 0.1) is 24.0 Å². The molecule has 0 unspecified atom stereocenters. The fraction of sp³-hybridized carbons (Fsp3) is 0.333. The van der Waals surface area contributed by atoms with Crippen LogP contribution in [-0.4, -0.2) is 16.6 Å². The van der Waals surface area contributed by atoms with Crippen LogP contribution in [0.3, 0.4) is 0 Å². The molecule has 0 saturated heterocycles. The Kier molecular flexibility index (Phi) is 8.33. The summed E-state index contributed by atoms with van der Waals surface area (Å²) in [5.41, 5.74) is 4.98. The lowest BCUT2D eigenvalue weighted by molar-refractivity contribution is -0.384. The molecule has 0 aliphatic carbocycles. The minimum absolute atomic E-state index is 0.0469. The predicted molar refractivity (Wildman–Crippen MR) is 108 cm³/mol. The van der Waals surface area contributed by atoms with Crippen LogP contribution in [0.4, 0.5) is 5.69 Å². The average Bonchev–Trinajstić information content (AvgIpc) is 2.61. The second kappa shape index (κ2) is 10.2. The summed E-state index contributed by atoms with van der Waals surface area (Å²) in [4.78, 5) is 26.2. The van der Waals surface area contributed by atoms with E-state index in [1.54, 1.807) is 19.1 Å². The zero-order chi connectivity index (χ0) is 20.6. The third-order valence-electron chi connectivity index (χ3n) is 3.69. The monoisotopic (exact) mass is 370 g/mol. The minimum atomic E-state index is -0.490. The Labute approximate surface area is 160 Å². The molecule has 2 aromatic rings. The number of rotatable bonds is 4. The molecule has 0 fully saturated rings. The molecule has 0 atom stereocenters. The maximum atomic E-state index is 11.0. The number of nitrogens with zero attached hydrogens (tertiary/aromatic N) is 2. The van der Waals surface area contributed by atoms with Crippen molar-refractivity contribution in [3.05, 3.63) is 63.2 Å². The standard InChI is InChI=1S/C18H18N2O4.C3H8/c1-11-5-7-15(13(3)19-24-14(4)21)9-17(11)18-10-16(20(22)23)8-6-12(18)2;1-3-2/h5-10H,1-4H3;3H2,1-2H3/b19-13+;. The van der Waals surface area contributed by atoms with E-state index < -0.39 is 10.9 Å². The van der Waals surface area contributed by atoms with Crippen LogP contribution in [0.25, 0.3) is 11.1 Å². The summed E-state index contributed by atoms with van der Waals surface area (Å²) >= 11 is 0. The Morgan fingerprint density at radius 3 is 2.07 bits per heavy atom. The molecule has 6 heteroatoms. The minimum Gasteiger partial charge on any atom is -0.318 e. The van der Waals surface area contributed by atoms with Crippen molar-refractivity contribution in [3.8, 4) is 11.1 Å². The summed E-state index contributed by atoms with van der Waals surface area (Å²) in [5.74, 6) is -0.490. The second-order valence-electron chi connectivity index (χ2n) is 6.25. The van der Waals surface area contributed by atoms with Gasteiger partial charge < -0.3 is 4.84 Å². The highest BCUT2D eigenvalue weighted by Crippen LogP contribution is 2.31. The smallest absolute Gasteiger partial charge is 0.318 e. The van der Waals surface area contributed by atoms with Gasteiger partial charge in [-0.05, 0) is 54.7 Å². The molecule has 2 aromatic carbocycles. The lowest BCUT2D eigenvalue weighted by Crippen LogP contribution is -2.01. The van der Waals surface area contributed by atoms with Gasteiger partial charge in [-0.25, -0.2) is 4.79 Å². The summed E-state index contributed by atoms with van der Waals surface area (Å²) in [6.07, 6.45) is 1.25. The quantitative estimate of drug-likeness (QED) is 0.304. The lowest BCUT2D eigenvalue weighted by atomic mass is 9.93. The molecule has 2 rings (SSSR count). The van der Waals surface area contributed by atoms with Crippen molar-refractivity contribution in [2.24, 2.45) is 5.16 Å². The summed E-state index contributed by atoms with van der Waals surface area (Å²) in [6.45, 7) is 11.1. The van der Waals surface area contributed by atoms with Gasteiger partial charge in [-0.1, -0.05) is 43.6 Å². The van der Waals surface area contributed by atoms with Crippen LogP contribution in [0.15, 0.2) is 41.6 Å². The summed E-state index contributed by atoms with van der Waals surface area (Å²) in [7, 11) is 0. The first-order valence-corrected chi connectivity index (χ1v) is 8.79. The molecule has 6 nitrogen and oxygen atoms in total. The molecule has 0 aromatic heterocycles. The number of hydrogen-bond acceptors (Lipinski definition) is 5. The Bertz CT molecular complexity index is 857. The first kappa shape index (κ1) is 22.0. The van der Waals surface area contributed by atoms with E-state index in [-0.39, 0.29) is 5.69 Å². The molecule has 27 heavy (non-hydrogen) atoms. The number of benzene rings is 2. The Morgan fingerprint density at radius 1 is 1.04 bits per heavy atom. The van der Waals surface area contributed by atoms with Crippen molar-refractivity contribution < 1.29 is 14.6 Å². The highest BCUT2D eigenvalue weighted by molar-refractivity contribution is 6.00. The predicted octanol–water partition coefficient (Wildman–Crippen LogP) is 5.58. The molecule has 0 bridgehead atoms. The van der Waals surface area contributed by atoms with Crippen LogP contribution < -0.4 is 0 Å². The van der Waals surface area contributed by atoms with E-state index in [0.29, 0.717) is 5.71 Å². The molecular weight excluding hydrogens is 344 g/mol. The topological polar surface area (TPSA) is 81.8 Å². The number of carbonyl (C=O) groups excluding carboxylic acids is 1. The average molecular weight is 370 g/mol.